The Hall–Kier alpha value is -2.40. The zero-order valence-corrected chi connectivity index (χ0v) is 13.1. The van der Waals surface area contributed by atoms with Gasteiger partial charge in [-0.3, -0.25) is 4.79 Å². The van der Waals surface area contributed by atoms with Crippen molar-refractivity contribution >= 4 is 28.9 Å². The van der Waals surface area contributed by atoms with E-state index in [1.807, 2.05) is 18.2 Å². The van der Waals surface area contributed by atoms with Gasteiger partial charge in [-0.05, 0) is 24.3 Å². The van der Waals surface area contributed by atoms with Crippen LogP contribution in [-0.4, -0.2) is 26.7 Å². The summed E-state index contributed by atoms with van der Waals surface area (Å²) in [4.78, 5) is 12.0. The van der Waals surface area contributed by atoms with Crippen molar-refractivity contribution in [1.29, 1.82) is 0 Å². The molecular weight excluding hydrogens is 304 g/mol. The quantitative estimate of drug-likeness (QED) is 0.856. The van der Waals surface area contributed by atoms with Crippen molar-refractivity contribution in [3.63, 3.8) is 0 Å². The fourth-order valence-electron chi connectivity index (χ4n) is 1.88. The summed E-state index contributed by atoms with van der Waals surface area (Å²) in [7, 11) is 3.10. The number of benzene rings is 2. The molecule has 0 spiro atoms. The van der Waals surface area contributed by atoms with Gasteiger partial charge in [0.2, 0.25) is 5.91 Å². The van der Waals surface area contributed by atoms with E-state index in [4.69, 9.17) is 21.1 Å². The zero-order valence-electron chi connectivity index (χ0n) is 12.4. The number of anilines is 2. The molecule has 22 heavy (non-hydrogen) atoms. The van der Waals surface area contributed by atoms with Crippen LogP contribution >= 0.6 is 11.6 Å². The van der Waals surface area contributed by atoms with Crippen LogP contribution < -0.4 is 20.1 Å². The number of halogens is 1. The predicted molar refractivity (Wildman–Crippen MR) is 88.1 cm³/mol. The van der Waals surface area contributed by atoms with Crippen LogP contribution in [0.5, 0.6) is 11.5 Å². The first kappa shape index (κ1) is 16.0. The molecule has 0 saturated carbocycles. The van der Waals surface area contributed by atoms with Crippen molar-refractivity contribution in [3.05, 3.63) is 47.5 Å². The number of ether oxygens (including phenoxy) is 2. The highest BCUT2D eigenvalue weighted by Gasteiger charge is 2.09. The van der Waals surface area contributed by atoms with Crippen LogP contribution in [0.4, 0.5) is 11.4 Å². The Labute approximate surface area is 134 Å². The number of carbonyl (C=O) groups is 1. The third-order valence-electron chi connectivity index (χ3n) is 3.00. The Morgan fingerprint density at radius 1 is 1.09 bits per heavy atom. The topological polar surface area (TPSA) is 59.6 Å². The Kier molecular flexibility index (Phi) is 5.49. The van der Waals surface area contributed by atoms with Crippen molar-refractivity contribution in [2.45, 2.75) is 0 Å². The highest BCUT2D eigenvalue weighted by atomic mass is 35.5. The van der Waals surface area contributed by atoms with Gasteiger partial charge in [-0.2, -0.15) is 0 Å². The molecule has 0 aliphatic heterocycles. The highest BCUT2D eigenvalue weighted by molar-refractivity contribution is 6.33. The molecule has 0 aliphatic carbocycles. The molecule has 0 saturated heterocycles. The summed E-state index contributed by atoms with van der Waals surface area (Å²) >= 11 is 6.02. The summed E-state index contributed by atoms with van der Waals surface area (Å²) in [5.74, 6) is 0.984. The third-order valence-corrected chi connectivity index (χ3v) is 3.33. The first-order chi connectivity index (χ1) is 10.6. The molecule has 6 heteroatoms. The predicted octanol–water partition coefficient (Wildman–Crippen LogP) is 3.41. The van der Waals surface area contributed by atoms with Crippen molar-refractivity contribution in [3.8, 4) is 11.5 Å². The molecule has 0 radical (unpaired) electrons. The minimum Gasteiger partial charge on any atom is -0.497 e. The van der Waals surface area contributed by atoms with Gasteiger partial charge in [-0.1, -0.05) is 23.7 Å². The van der Waals surface area contributed by atoms with Crippen molar-refractivity contribution < 1.29 is 14.3 Å². The molecule has 0 bridgehead atoms. The molecule has 2 N–H and O–H groups in total. The second-order valence-electron chi connectivity index (χ2n) is 4.45. The smallest absolute Gasteiger partial charge is 0.243 e. The Morgan fingerprint density at radius 3 is 2.55 bits per heavy atom. The molecular formula is C16H17ClN2O3. The number of hydrogen-bond donors (Lipinski definition) is 2. The van der Waals surface area contributed by atoms with Gasteiger partial charge in [-0.25, -0.2) is 0 Å². The van der Waals surface area contributed by atoms with Gasteiger partial charge in [0, 0.05) is 6.07 Å². The van der Waals surface area contributed by atoms with Gasteiger partial charge in [0.15, 0.2) is 0 Å². The molecule has 116 valence electrons. The summed E-state index contributed by atoms with van der Waals surface area (Å²) in [5, 5.41) is 6.33. The standard InChI is InChI=1S/C16H17ClN2O3/c1-21-11-7-8-14(15(9-11)22-2)19-16(20)10-18-13-6-4-3-5-12(13)17/h3-9,18H,10H2,1-2H3,(H,19,20). The van der Waals surface area contributed by atoms with Crippen LogP contribution in [0.15, 0.2) is 42.5 Å². The van der Waals surface area contributed by atoms with Gasteiger partial charge in [0.05, 0.1) is 37.2 Å². The summed E-state index contributed by atoms with van der Waals surface area (Å²) in [6.45, 7) is 0.0961. The third kappa shape index (κ3) is 4.05. The Balaban J connectivity index is 1.99. The van der Waals surface area contributed by atoms with Crippen molar-refractivity contribution in [2.75, 3.05) is 31.4 Å². The average molecular weight is 321 g/mol. The van der Waals surface area contributed by atoms with Crippen LogP contribution in [-0.2, 0) is 4.79 Å². The fraction of sp³-hybridized carbons (Fsp3) is 0.188. The van der Waals surface area contributed by atoms with E-state index in [9.17, 15) is 4.79 Å². The molecule has 2 rings (SSSR count). The minimum absolute atomic E-state index is 0.0961. The van der Waals surface area contributed by atoms with Crippen LogP contribution in [0.2, 0.25) is 5.02 Å². The number of rotatable bonds is 6. The Bertz CT molecular complexity index is 662. The molecule has 0 heterocycles. The van der Waals surface area contributed by atoms with E-state index in [1.54, 1.807) is 31.4 Å². The van der Waals surface area contributed by atoms with Crippen LogP contribution in [0.25, 0.3) is 0 Å². The lowest BCUT2D eigenvalue weighted by Gasteiger charge is -2.12. The first-order valence-corrected chi connectivity index (χ1v) is 7.02. The summed E-state index contributed by atoms with van der Waals surface area (Å²) in [6.07, 6.45) is 0. The normalized spacial score (nSPS) is 9.95. The SMILES string of the molecule is COc1ccc(NC(=O)CNc2ccccc2Cl)c(OC)c1. The lowest BCUT2D eigenvalue weighted by molar-refractivity contribution is -0.114. The van der Waals surface area contributed by atoms with E-state index in [2.05, 4.69) is 10.6 Å². The van der Waals surface area contributed by atoms with Crippen LogP contribution in [0.3, 0.4) is 0 Å². The van der Waals surface area contributed by atoms with Gasteiger partial charge in [0.25, 0.3) is 0 Å². The molecule has 0 fully saturated rings. The van der Waals surface area contributed by atoms with Crippen molar-refractivity contribution in [2.24, 2.45) is 0 Å². The van der Waals surface area contributed by atoms with E-state index in [1.165, 1.54) is 7.11 Å². The Morgan fingerprint density at radius 2 is 1.86 bits per heavy atom. The molecule has 0 atom stereocenters. The molecule has 0 aromatic heterocycles. The highest BCUT2D eigenvalue weighted by Crippen LogP contribution is 2.29. The minimum atomic E-state index is -0.205. The lowest BCUT2D eigenvalue weighted by Crippen LogP contribution is -2.22. The fourth-order valence-corrected chi connectivity index (χ4v) is 2.08. The molecule has 0 unspecified atom stereocenters. The average Bonchev–Trinajstić information content (AvgIpc) is 2.54. The van der Waals surface area contributed by atoms with Crippen LogP contribution in [0, 0.1) is 0 Å². The first-order valence-electron chi connectivity index (χ1n) is 6.64. The largest absolute Gasteiger partial charge is 0.497 e. The van der Waals surface area contributed by atoms with Gasteiger partial charge < -0.3 is 20.1 Å². The van der Waals surface area contributed by atoms with E-state index < -0.39 is 0 Å². The number of amides is 1. The number of nitrogens with one attached hydrogen (secondary N) is 2. The monoisotopic (exact) mass is 320 g/mol. The molecule has 1 amide bonds. The van der Waals surface area contributed by atoms with Crippen molar-refractivity contribution in [1.82, 2.24) is 0 Å². The lowest BCUT2D eigenvalue weighted by atomic mass is 10.2. The molecule has 2 aromatic rings. The molecule has 2 aromatic carbocycles. The maximum atomic E-state index is 12.0. The van der Waals surface area contributed by atoms with E-state index in [0.717, 1.165) is 0 Å². The molecule has 0 aliphatic rings. The summed E-state index contributed by atoms with van der Waals surface area (Å²) in [6, 6.07) is 12.4. The number of hydrogen-bond acceptors (Lipinski definition) is 4. The van der Waals surface area contributed by atoms with Gasteiger partial charge in [0.1, 0.15) is 11.5 Å². The van der Waals surface area contributed by atoms with E-state index in [0.29, 0.717) is 27.9 Å². The number of methoxy groups -OCH3 is 2. The van der Waals surface area contributed by atoms with Gasteiger partial charge in [-0.15, -0.1) is 0 Å². The zero-order chi connectivity index (χ0) is 15.9. The van der Waals surface area contributed by atoms with E-state index in [-0.39, 0.29) is 12.5 Å². The maximum Gasteiger partial charge on any atom is 0.243 e. The van der Waals surface area contributed by atoms with Gasteiger partial charge >= 0.3 is 0 Å². The second kappa shape index (κ2) is 7.56. The summed E-state index contributed by atoms with van der Waals surface area (Å²) < 4.78 is 10.3. The molecule has 5 nitrogen and oxygen atoms in total. The summed E-state index contributed by atoms with van der Waals surface area (Å²) in [5.41, 5.74) is 1.29. The maximum absolute atomic E-state index is 12.0. The number of carbonyl (C=O) groups excluding carboxylic acids is 1. The van der Waals surface area contributed by atoms with E-state index >= 15 is 0 Å². The number of para-hydroxylation sites is 1. The van der Waals surface area contributed by atoms with Crippen LogP contribution in [0.1, 0.15) is 0 Å². The second-order valence-corrected chi connectivity index (χ2v) is 4.85.